The number of nitrogens with one attached hydrogen (secondary N) is 1. The molecule has 5 heteroatoms. The van der Waals surface area contributed by atoms with Gasteiger partial charge in [0.2, 0.25) is 0 Å². The van der Waals surface area contributed by atoms with E-state index in [0.29, 0.717) is 18.5 Å². The van der Waals surface area contributed by atoms with Gasteiger partial charge in [-0.3, -0.25) is 10.1 Å². The number of hydrogen-bond donors (Lipinski definition) is 2. The summed E-state index contributed by atoms with van der Waals surface area (Å²) in [5.41, 5.74) is 0.662. The second-order valence-electron chi connectivity index (χ2n) is 5.04. The SMILES string of the molecule is CC(C)OC(=O)Nc1ccc(C2(C(=O)O)CC2)cc1. The number of amides is 1. The van der Waals surface area contributed by atoms with Crippen molar-refractivity contribution in [3.05, 3.63) is 29.8 Å². The van der Waals surface area contributed by atoms with Crippen LogP contribution < -0.4 is 5.32 Å². The van der Waals surface area contributed by atoms with Crippen LogP contribution in [0.15, 0.2) is 24.3 Å². The van der Waals surface area contributed by atoms with Crippen LogP contribution in [0.4, 0.5) is 10.5 Å². The largest absolute Gasteiger partial charge is 0.481 e. The second-order valence-corrected chi connectivity index (χ2v) is 5.04. The summed E-state index contributed by atoms with van der Waals surface area (Å²) in [4.78, 5) is 22.6. The summed E-state index contributed by atoms with van der Waals surface area (Å²) in [6.07, 6.45) is 0.651. The average Bonchev–Trinajstić information content (AvgIpc) is 3.09. The van der Waals surface area contributed by atoms with Crippen molar-refractivity contribution in [3.8, 4) is 0 Å². The molecule has 19 heavy (non-hydrogen) atoms. The number of anilines is 1. The lowest BCUT2D eigenvalue weighted by Gasteiger charge is -2.12. The fourth-order valence-corrected chi connectivity index (χ4v) is 1.99. The van der Waals surface area contributed by atoms with Gasteiger partial charge in [0.15, 0.2) is 0 Å². The summed E-state index contributed by atoms with van der Waals surface area (Å²) in [5, 5.41) is 11.8. The molecule has 5 nitrogen and oxygen atoms in total. The number of rotatable bonds is 4. The summed E-state index contributed by atoms with van der Waals surface area (Å²) < 4.78 is 4.96. The van der Waals surface area contributed by atoms with Crippen molar-refractivity contribution in [2.24, 2.45) is 0 Å². The highest BCUT2D eigenvalue weighted by atomic mass is 16.6. The number of aliphatic carboxylic acids is 1. The van der Waals surface area contributed by atoms with Crippen molar-refractivity contribution < 1.29 is 19.4 Å². The molecule has 0 unspecified atom stereocenters. The summed E-state index contributed by atoms with van der Waals surface area (Å²) >= 11 is 0. The molecule has 1 aromatic rings. The molecule has 0 bridgehead atoms. The molecular weight excluding hydrogens is 246 g/mol. The van der Waals surface area contributed by atoms with Crippen molar-refractivity contribution >= 4 is 17.7 Å². The third-order valence-corrected chi connectivity index (χ3v) is 3.19. The second kappa shape index (κ2) is 4.91. The van der Waals surface area contributed by atoms with Crippen LogP contribution in [0.25, 0.3) is 0 Å². The molecule has 1 aliphatic carbocycles. The average molecular weight is 263 g/mol. The number of carbonyl (C=O) groups is 2. The van der Waals surface area contributed by atoms with E-state index in [1.165, 1.54) is 0 Å². The third-order valence-electron chi connectivity index (χ3n) is 3.19. The van der Waals surface area contributed by atoms with Crippen LogP contribution >= 0.6 is 0 Å². The molecule has 1 aliphatic rings. The highest BCUT2D eigenvalue weighted by Gasteiger charge is 2.51. The van der Waals surface area contributed by atoms with Crippen molar-refractivity contribution in [2.45, 2.75) is 38.2 Å². The first-order valence-corrected chi connectivity index (χ1v) is 6.25. The Hall–Kier alpha value is -2.04. The van der Waals surface area contributed by atoms with Crippen LogP contribution in [0, 0.1) is 0 Å². The van der Waals surface area contributed by atoms with Crippen LogP contribution in [0.3, 0.4) is 0 Å². The van der Waals surface area contributed by atoms with Gasteiger partial charge in [0.1, 0.15) is 0 Å². The molecule has 1 saturated carbocycles. The predicted molar refractivity (Wildman–Crippen MR) is 70.2 cm³/mol. The van der Waals surface area contributed by atoms with Gasteiger partial charge in [0, 0.05) is 5.69 Å². The van der Waals surface area contributed by atoms with Crippen molar-refractivity contribution in [3.63, 3.8) is 0 Å². The van der Waals surface area contributed by atoms with E-state index in [9.17, 15) is 14.7 Å². The first-order valence-electron chi connectivity index (χ1n) is 6.25. The standard InChI is InChI=1S/C14H17NO4/c1-9(2)19-13(18)15-11-5-3-10(4-6-11)14(7-8-14)12(16)17/h3-6,9H,7-8H2,1-2H3,(H,15,18)(H,16,17). The summed E-state index contributed by atoms with van der Waals surface area (Å²) in [5.74, 6) is -0.785. The van der Waals surface area contributed by atoms with Gasteiger partial charge in [0.05, 0.1) is 11.5 Å². The van der Waals surface area contributed by atoms with Crippen LogP contribution in [0.5, 0.6) is 0 Å². The fraction of sp³-hybridized carbons (Fsp3) is 0.429. The van der Waals surface area contributed by atoms with E-state index in [1.807, 2.05) is 0 Å². The molecule has 0 atom stereocenters. The molecule has 1 fully saturated rings. The topological polar surface area (TPSA) is 75.6 Å². The molecule has 0 radical (unpaired) electrons. The van der Waals surface area contributed by atoms with Crippen LogP contribution in [-0.2, 0) is 14.9 Å². The van der Waals surface area contributed by atoms with E-state index < -0.39 is 17.5 Å². The van der Waals surface area contributed by atoms with Gasteiger partial charge < -0.3 is 9.84 Å². The number of carbonyl (C=O) groups excluding carboxylic acids is 1. The van der Waals surface area contributed by atoms with Gasteiger partial charge in [-0.1, -0.05) is 12.1 Å². The number of carboxylic acids is 1. The molecule has 2 rings (SSSR count). The lowest BCUT2D eigenvalue weighted by atomic mass is 9.96. The zero-order chi connectivity index (χ0) is 14.0. The van der Waals surface area contributed by atoms with Gasteiger partial charge in [-0.25, -0.2) is 4.79 Å². The first kappa shape index (κ1) is 13.4. The van der Waals surface area contributed by atoms with E-state index in [4.69, 9.17) is 4.74 Å². The Kier molecular flexibility index (Phi) is 3.46. The number of ether oxygens (including phenoxy) is 1. The highest BCUT2D eigenvalue weighted by molar-refractivity contribution is 5.86. The minimum absolute atomic E-state index is 0.180. The fourth-order valence-electron chi connectivity index (χ4n) is 1.99. The van der Waals surface area contributed by atoms with Gasteiger partial charge in [-0.2, -0.15) is 0 Å². The third kappa shape index (κ3) is 2.86. The molecule has 1 aromatic carbocycles. The Balaban J connectivity index is 2.03. The van der Waals surface area contributed by atoms with Crippen LogP contribution in [-0.4, -0.2) is 23.3 Å². The minimum atomic E-state index is -0.785. The lowest BCUT2D eigenvalue weighted by Crippen LogP contribution is -2.20. The molecular formula is C14H17NO4. The summed E-state index contributed by atoms with van der Waals surface area (Å²) in [6.45, 7) is 3.54. The molecule has 0 aliphatic heterocycles. The Bertz CT molecular complexity index is 489. The molecule has 0 saturated heterocycles. The Morgan fingerprint density at radius 2 is 1.84 bits per heavy atom. The van der Waals surface area contributed by atoms with Crippen molar-refractivity contribution in [2.75, 3.05) is 5.32 Å². The van der Waals surface area contributed by atoms with Crippen LogP contribution in [0.1, 0.15) is 32.3 Å². The molecule has 102 valence electrons. The smallest absolute Gasteiger partial charge is 0.411 e. The molecule has 1 amide bonds. The number of carboxylic acid groups (broad SMARTS) is 1. The van der Waals surface area contributed by atoms with E-state index in [1.54, 1.807) is 38.1 Å². The van der Waals surface area contributed by atoms with Gasteiger partial charge >= 0.3 is 12.1 Å². The quantitative estimate of drug-likeness (QED) is 0.875. The summed E-state index contributed by atoms with van der Waals surface area (Å²) in [6, 6.07) is 6.87. The van der Waals surface area contributed by atoms with E-state index in [-0.39, 0.29) is 6.10 Å². The normalized spacial score (nSPS) is 15.9. The van der Waals surface area contributed by atoms with Gasteiger partial charge in [-0.15, -0.1) is 0 Å². The van der Waals surface area contributed by atoms with Gasteiger partial charge in [-0.05, 0) is 44.4 Å². The van der Waals surface area contributed by atoms with E-state index in [0.717, 1.165) is 5.56 Å². The summed E-state index contributed by atoms with van der Waals surface area (Å²) in [7, 11) is 0. The Morgan fingerprint density at radius 3 is 2.26 bits per heavy atom. The zero-order valence-corrected chi connectivity index (χ0v) is 11.0. The highest BCUT2D eigenvalue weighted by Crippen LogP contribution is 2.48. The van der Waals surface area contributed by atoms with Crippen LogP contribution in [0.2, 0.25) is 0 Å². The molecule has 0 heterocycles. The maximum Gasteiger partial charge on any atom is 0.411 e. The lowest BCUT2D eigenvalue weighted by molar-refractivity contribution is -0.140. The van der Waals surface area contributed by atoms with Crippen molar-refractivity contribution in [1.29, 1.82) is 0 Å². The minimum Gasteiger partial charge on any atom is -0.481 e. The van der Waals surface area contributed by atoms with Crippen molar-refractivity contribution in [1.82, 2.24) is 0 Å². The Morgan fingerprint density at radius 1 is 1.26 bits per heavy atom. The first-order chi connectivity index (χ1) is 8.94. The number of hydrogen-bond acceptors (Lipinski definition) is 3. The Labute approximate surface area is 111 Å². The molecule has 0 aromatic heterocycles. The zero-order valence-electron chi connectivity index (χ0n) is 11.0. The molecule has 2 N–H and O–H groups in total. The molecule has 0 spiro atoms. The monoisotopic (exact) mass is 263 g/mol. The maximum absolute atomic E-state index is 11.4. The van der Waals surface area contributed by atoms with E-state index >= 15 is 0 Å². The van der Waals surface area contributed by atoms with E-state index in [2.05, 4.69) is 5.32 Å². The van der Waals surface area contributed by atoms with Gasteiger partial charge in [0.25, 0.3) is 0 Å². The number of benzene rings is 1. The predicted octanol–water partition coefficient (Wildman–Crippen LogP) is 2.76. The maximum atomic E-state index is 11.4.